The van der Waals surface area contributed by atoms with E-state index >= 15 is 0 Å². The first kappa shape index (κ1) is 11.6. The van der Waals surface area contributed by atoms with Gasteiger partial charge in [0.25, 0.3) is 0 Å². The number of aliphatic hydroxyl groups is 1. The van der Waals surface area contributed by atoms with E-state index in [1.165, 1.54) is 0 Å². The van der Waals surface area contributed by atoms with Crippen LogP contribution in [0, 0.1) is 0 Å². The molecule has 2 rings (SSSR count). The molecule has 0 spiro atoms. The maximum absolute atomic E-state index is 9.21. The highest BCUT2D eigenvalue weighted by atomic mass is 16.4. The van der Waals surface area contributed by atoms with Crippen LogP contribution in [0.3, 0.4) is 0 Å². The monoisotopic (exact) mass is 221 g/mol. The molecule has 0 heterocycles. The van der Waals surface area contributed by atoms with Crippen molar-refractivity contribution in [3.63, 3.8) is 0 Å². The maximum Gasteiger partial charge on any atom is 0.488 e. The minimum absolute atomic E-state index is 0.0170. The average molecular weight is 221 g/mol. The van der Waals surface area contributed by atoms with Crippen LogP contribution in [0.15, 0.2) is 18.2 Å². The van der Waals surface area contributed by atoms with Crippen molar-refractivity contribution in [1.82, 2.24) is 0 Å². The van der Waals surface area contributed by atoms with Crippen molar-refractivity contribution in [2.45, 2.75) is 24.8 Å². The van der Waals surface area contributed by atoms with E-state index in [-0.39, 0.29) is 6.61 Å². The van der Waals surface area contributed by atoms with E-state index in [0.29, 0.717) is 11.9 Å². The summed E-state index contributed by atoms with van der Waals surface area (Å²) in [6.07, 6.45) is 2.13. The third-order valence-electron chi connectivity index (χ3n) is 3.28. The van der Waals surface area contributed by atoms with E-state index in [2.05, 4.69) is 0 Å². The molecule has 0 saturated carbocycles. The fourth-order valence-corrected chi connectivity index (χ4v) is 2.20. The normalized spacial score (nSPS) is 24.0. The molecule has 1 atom stereocenters. The first-order valence-electron chi connectivity index (χ1n) is 5.42. The zero-order valence-corrected chi connectivity index (χ0v) is 9.06. The summed E-state index contributed by atoms with van der Waals surface area (Å²) in [4.78, 5) is 0. The second-order valence-corrected chi connectivity index (χ2v) is 4.60. The molecule has 1 aliphatic carbocycles. The smallest absolute Gasteiger partial charge is 0.423 e. The standard InChI is InChI=1S/C11H16BNO3/c13-11(7-14)4-3-8-5-10(12(15)16)2-1-9(8)6-11/h1-2,5,14-16H,3-4,6-7,13H2. The number of aryl methyl sites for hydroxylation is 1. The van der Waals surface area contributed by atoms with E-state index in [1.54, 1.807) is 12.1 Å². The van der Waals surface area contributed by atoms with Crippen molar-refractivity contribution in [3.8, 4) is 0 Å². The van der Waals surface area contributed by atoms with Crippen molar-refractivity contribution in [1.29, 1.82) is 0 Å². The van der Waals surface area contributed by atoms with E-state index in [9.17, 15) is 5.11 Å². The Morgan fingerprint density at radius 3 is 2.69 bits per heavy atom. The number of hydrogen-bond acceptors (Lipinski definition) is 4. The van der Waals surface area contributed by atoms with Gasteiger partial charge in [-0.05, 0) is 35.9 Å². The van der Waals surface area contributed by atoms with Gasteiger partial charge in [-0.3, -0.25) is 0 Å². The Morgan fingerprint density at radius 2 is 2.06 bits per heavy atom. The van der Waals surface area contributed by atoms with Gasteiger partial charge in [0.05, 0.1) is 6.61 Å². The van der Waals surface area contributed by atoms with Gasteiger partial charge in [0.15, 0.2) is 0 Å². The molecule has 0 radical (unpaired) electrons. The number of benzene rings is 1. The molecule has 4 nitrogen and oxygen atoms in total. The summed E-state index contributed by atoms with van der Waals surface area (Å²) in [6.45, 7) is -0.0170. The molecule has 0 aliphatic heterocycles. The molecule has 5 heteroatoms. The van der Waals surface area contributed by atoms with Crippen molar-refractivity contribution < 1.29 is 15.2 Å². The van der Waals surface area contributed by atoms with Crippen LogP contribution in [-0.4, -0.2) is 34.4 Å². The molecule has 0 aromatic heterocycles. The summed E-state index contributed by atoms with van der Waals surface area (Å²) in [5.41, 5.74) is 8.19. The van der Waals surface area contributed by atoms with Crippen LogP contribution in [0.5, 0.6) is 0 Å². The van der Waals surface area contributed by atoms with Crippen LogP contribution >= 0.6 is 0 Å². The van der Waals surface area contributed by atoms with Crippen LogP contribution in [0.1, 0.15) is 17.5 Å². The highest BCUT2D eigenvalue weighted by Crippen LogP contribution is 2.26. The SMILES string of the molecule is NC1(CO)CCc2cc(B(O)O)ccc2C1. The van der Waals surface area contributed by atoms with Gasteiger partial charge in [-0.2, -0.15) is 0 Å². The first-order chi connectivity index (χ1) is 7.54. The zero-order chi connectivity index (χ0) is 11.8. The fourth-order valence-electron chi connectivity index (χ4n) is 2.20. The third kappa shape index (κ3) is 2.13. The molecule has 0 amide bonds. The lowest BCUT2D eigenvalue weighted by atomic mass is 9.74. The highest BCUT2D eigenvalue weighted by molar-refractivity contribution is 6.58. The quantitative estimate of drug-likeness (QED) is 0.460. The van der Waals surface area contributed by atoms with Crippen molar-refractivity contribution in [2.24, 2.45) is 5.73 Å². The lowest BCUT2D eigenvalue weighted by Gasteiger charge is -2.33. The fraction of sp³-hybridized carbons (Fsp3) is 0.455. The summed E-state index contributed by atoms with van der Waals surface area (Å²) in [5, 5.41) is 27.3. The number of nitrogens with two attached hydrogens (primary N) is 1. The summed E-state index contributed by atoms with van der Waals surface area (Å²) in [5.74, 6) is 0. The predicted octanol–water partition coefficient (Wildman–Crippen LogP) is -1.46. The largest absolute Gasteiger partial charge is 0.488 e. The van der Waals surface area contributed by atoms with Crippen LogP contribution in [0.4, 0.5) is 0 Å². The molecule has 0 saturated heterocycles. The molecule has 0 fully saturated rings. The van der Waals surface area contributed by atoms with Crippen LogP contribution in [0.25, 0.3) is 0 Å². The topological polar surface area (TPSA) is 86.7 Å². The first-order valence-corrected chi connectivity index (χ1v) is 5.42. The summed E-state index contributed by atoms with van der Waals surface area (Å²) >= 11 is 0. The molecular weight excluding hydrogens is 205 g/mol. The Hall–Kier alpha value is -0.875. The zero-order valence-electron chi connectivity index (χ0n) is 9.06. The lowest BCUT2D eigenvalue weighted by Crippen LogP contribution is -2.48. The van der Waals surface area contributed by atoms with Gasteiger partial charge in [-0.15, -0.1) is 0 Å². The molecular formula is C11H16BNO3. The summed E-state index contributed by atoms with van der Waals surface area (Å²) in [7, 11) is -1.42. The Bertz CT molecular complexity index is 397. The number of fused-ring (bicyclic) bond motifs is 1. The second kappa shape index (κ2) is 4.18. The Balaban J connectivity index is 2.29. The minimum Gasteiger partial charge on any atom is -0.423 e. The van der Waals surface area contributed by atoms with Crippen LogP contribution < -0.4 is 11.2 Å². The highest BCUT2D eigenvalue weighted by Gasteiger charge is 2.30. The van der Waals surface area contributed by atoms with E-state index < -0.39 is 12.7 Å². The molecule has 0 bridgehead atoms. The summed E-state index contributed by atoms with van der Waals surface area (Å²) < 4.78 is 0. The van der Waals surface area contributed by atoms with E-state index in [0.717, 1.165) is 24.0 Å². The van der Waals surface area contributed by atoms with E-state index in [4.69, 9.17) is 15.8 Å². The number of aliphatic hydroxyl groups excluding tert-OH is 1. The lowest BCUT2D eigenvalue weighted by molar-refractivity contribution is 0.181. The van der Waals surface area contributed by atoms with Crippen LogP contribution in [-0.2, 0) is 12.8 Å². The van der Waals surface area contributed by atoms with Gasteiger partial charge in [-0.1, -0.05) is 18.2 Å². The molecule has 1 aromatic carbocycles. The predicted molar refractivity (Wildman–Crippen MR) is 62.3 cm³/mol. The molecule has 16 heavy (non-hydrogen) atoms. The number of rotatable bonds is 2. The van der Waals surface area contributed by atoms with Gasteiger partial charge in [-0.25, -0.2) is 0 Å². The van der Waals surface area contributed by atoms with Gasteiger partial charge < -0.3 is 20.9 Å². The Morgan fingerprint density at radius 1 is 1.31 bits per heavy atom. The second-order valence-electron chi connectivity index (χ2n) is 4.60. The van der Waals surface area contributed by atoms with Gasteiger partial charge in [0.2, 0.25) is 0 Å². The van der Waals surface area contributed by atoms with Crippen molar-refractivity contribution >= 4 is 12.6 Å². The Labute approximate surface area is 94.9 Å². The summed E-state index contributed by atoms with van der Waals surface area (Å²) in [6, 6.07) is 5.35. The van der Waals surface area contributed by atoms with Gasteiger partial charge >= 0.3 is 7.12 Å². The van der Waals surface area contributed by atoms with Gasteiger partial charge in [0.1, 0.15) is 0 Å². The van der Waals surface area contributed by atoms with Crippen molar-refractivity contribution in [3.05, 3.63) is 29.3 Å². The van der Waals surface area contributed by atoms with Crippen molar-refractivity contribution in [2.75, 3.05) is 6.61 Å². The molecule has 1 aromatic rings. The number of hydrogen-bond donors (Lipinski definition) is 4. The average Bonchev–Trinajstić information content (AvgIpc) is 2.28. The molecule has 5 N–H and O–H groups in total. The molecule has 86 valence electrons. The van der Waals surface area contributed by atoms with E-state index in [1.807, 2.05) is 6.07 Å². The molecule has 1 aliphatic rings. The minimum atomic E-state index is -1.42. The molecule has 1 unspecified atom stereocenters. The van der Waals surface area contributed by atoms with Crippen LogP contribution in [0.2, 0.25) is 0 Å². The Kier molecular flexibility index (Phi) is 3.03. The van der Waals surface area contributed by atoms with Gasteiger partial charge in [0, 0.05) is 5.54 Å². The third-order valence-corrected chi connectivity index (χ3v) is 3.28. The maximum atomic E-state index is 9.21.